The number of H-pyrrole nitrogens is 2. The second-order valence-corrected chi connectivity index (χ2v) is 11.9. The van der Waals surface area contributed by atoms with Crippen LogP contribution in [0.3, 0.4) is 0 Å². The first kappa shape index (κ1) is 28.7. The van der Waals surface area contributed by atoms with Crippen molar-refractivity contribution in [3.05, 3.63) is 49.1 Å². The molecule has 0 radical (unpaired) electrons. The minimum absolute atomic E-state index is 0.0961. The fraction of sp³-hybridized carbons (Fsp3) is 0.480. The predicted molar refractivity (Wildman–Crippen MR) is 145 cm³/mol. The first-order valence-electron chi connectivity index (χ1n) is 12.9. The molecule has 17 heteroatoms. The third-order valence-corrected chi connectivity index (χ3v) is 9.22. The molecule has 1 aromatic carbocycles. The minimum atomic E-state index is -2.27. The molecular formula is C25H26BrN5O11. The Morgan fingerprint density at radius 3 is 2.33 bits per heavy atom. The van der Waals surface area contributed by atoms with E-state index in [4.69, 9.17) is 4.74 Å². The third-order valence-electron chi connectivity index (χ3n) is 8.73. The summed E-state index contributed by atoms with van der Waals surface area (Å²) in [6.07, 6.45) is -12.0. The molecule has 1 aromatic heterocycles. The summed E-state index contributed by atoms with van der Waals surface area (Å²) in [6, 6.07) is 4.65. The Morgan fingerprint density at radius 1 is 1.02 bits per heavy atom. The number of fused-ring (bicyclic) bond motifs is 4. The van der Waals surface area contributed by atoms with Gasteiger partial charge in [-0.3, -0.25) is 24.4 Å². The SMILES string of the molecule is CC1(O)C2=Nc3c([nH]c(=O)[nH]c3=O)NCC2C(C(=O)OC2C(O)C(O)C(O)C(O)C2O)C12C(=O)Nc1cc(Br)ccc12. The van der Waals surface area contributed by atoms with Crippen LogP contribution in [-0.4, -0.2) is 107 Å². The molecule has 1 amide bonds. The van der Waals surface area contributed by atoms with E-state index >= 15 is 0 Å². The fourth-order valence-electron chi connectivity index (χ4n) is 6.76. The van der Waals surface area contributed by atoms with E-state index in [1.165, 1.54) is 13.0 Å². The third kappa shape index (κ3) is 3.71. The molecule has 3 heterocycles. The van der Waals surface area contributed by atoms with Gasteiger partial charge in [-0.2, -0.15) is 0 Å². The van der Waals surface area contributed by atoms with Gasteiger partial charge in [0.1, 0.15) is 47.4 Å². The maximum atomic E-state index is 14.2. The standard InChI is InChI=1S/C25H26BrN5O11/c1-24(41)18-7(5-27-19-11(29-18)20(37)31-23(40)30-19)10(25(24)8-3-2-6(26)4-9(8)28-22(25)39)21(38)42-17-15(35)13(33)12(32)14(34)16(17)36/h2-4,7,10,12-17,32-36,41H,5H2,1H3,(H,28,39)(H3,27,30,31,37,40). The average Bonchev–Trinajstić information content (AvgIpc) is 3.20. The number of amides is 1. The number of esters is 1. The average molecular weight is 652 g/mol. The van der Waals surface area contributed by atoms with E-state index in [9.17, 15) is 49.8 Å². The molecule has 2 aromatic rings. The number of aromatic amines is 2. The lowest BCUT2D eigenvalue weighted by Crippen LogP contribution is -2.65. The lowest BCUT2D eigenvalue weighted by Gasteiger charge is -2.42. The van der Waals surface area contributed by atoms with Crippen molar-refractivity contribution >= 4 is 50.7 Å². The van der Waals surface area contributed by atoms with Crippen LogP contribution in [0.1, 0.15) is 12.5 Å². The number of halogens is 1. The van der Waals surface area contributed by atoms with E-state index in [0.717, 1.165) is 0 Å². The molecule has 224 valence electrons. The van der Waals surface area contributed by atoms with Gasteiger partial charge in [0.25, 0.3) is 5.56 Å². The molecule has 42 heavy (non-hydrogen) atoms. The van der Waals surface area contributed by atoms with E-state index < -0.39 is 82.6 Å². The van der Waals surface area contributed by atoms with Crippen molar-refractivity contribution in [1.82, 2.24) is 9.97 Å². The molecular weight excluding hydrogens is 626 g/mol. The highest BCUT2D eigenvalue weighted by molar-refractivity contribution is 9.10. The number of ether oxygens (including phenoxy) is 1. The summed E-state index contributed by atoms with van der Waals surface area (Å²) in [5.74, 6) is -4.95. The van der Waals surface area contributed by atoms with Gasteiger partial charge in [-0.25, -0.2) is 9.79 Å². The van der Waals surface area contributed by atoms with Gasteiger partial charge in [0, 0.05) is 22.6 Å². The molecule has 1 spiro atoms. The van der Waals surface area contributed by atoms with Crippen molar-refractivity contribution in [1.29, 1.82) is 0 Å². The van der Waals surface area contributed by atoms with E-state index in [2.05, 4.69) is 36.5 Å². The zero-order chi connectivity index (χ0) is 30.5. The zero-order valence-corrected chi connectivity index (χ0v) is 23.2. The maximum absolute atomic E-state index is 14.2. The van der Waals surface area contributed by atoms with Crippen LogP contribution >= 0.6 is 15.9 Å². The number of carbonyl (C=O) groups is 2. The van der Waals surface area contributed by atoms with Crippen molar-refractivity contribution in [2.24, 2.45) is 16.8 Å². The Labute approximate surface area is 243 Å². The van der Waals surface area contributed by atoms with E-state index in [0.29, 0.717) is 4.47 Å². The number of aliphatic hydroxyl groups excluding tert-OH is 5. The van der Waals surface area contributed by atoms with Crippen molar-refractivity contribution in [2.75, 3.05) is 17.2 Å². The molecule has 2 saturated carbocycles. The van der Waals surface area contributed by atoms with Crippen LogP contribution < -0.4 is 21.9 Å². The number of benzene rings is 1. The molecule has 2 fully saturated rings. The van der Waals surface area contributed by atoms with Crippen LogP contribution in [0.2, 0.25) is 0 Å². The molecule has 6 rings (SSSR count). The molecule has 8 unspecified atom stereocenters. The topological polar surface area (TPSA) is 267 Å². The molecule has 4 aliphatic rings. The summed E-state index contributed by atoms with van der Waals surface area (Å²) >= 11 is 3.32. The summed E-state index contributed by atoms with van der Waals surface area (Å²) in [5.41, 5.74) is -6.17. The largest absolute Gasteiger partial charge is 0.456 e. The van der Waals surface area contributed by atoms with Gasteiger partial charge in [0.2, 0.25) is 5.91 Å². The van der Waals surface area contributed by atoms with Crippen LogP contribution in [0.5, 0.6) is 0 Å². The Hall–Kier alpha value is -3.45. The molecule has 2 aliphatic carbocycles. The zero-order valence-electron chi connectivity index (χ0n) is 21.6. The van der Waals surface area contributed by atoms with Gasteiger partial charge in [0.05, 0.1) is 11.6 Å². The molecule has 10 N–H and O–H groups in total. The number of nitrogens with zero attached hydrogens (tertiary/aromatic N) is 1. The van der Waals surface area contributed by atoms with E-state index in [-0.39, 0.29) is 35.0 Å². The number of nitrogens with one attached hydrogen (secondary N) is 4. The summed E-state index contributed by atoms with van der Waals surface area (Å²) < 4.78 is 6.06. The van der Waals surface area contributed by atoms with Gasteiger partial charge in [0.15, 0.2) is 11.8 Å². The monoisotopic (exact) mass is 651 g/mol. The van der Waals surface area contributed by atoms with Crippen LogP contribution in [-0.2, 0) is 19.7 Å². The van der Waals surface area contributed by atoms with Crippen molar-refractivity contribution < 1.29 is 45.0 Å². The number of hydrogen-bond acceptors (Lipinski definition) is 13. The number of aliphatic imine (C=N–C) groups is 1. The molecule has 0 bridgehead atoms. The lowest BCUT2D eigenvalue weighted by molar-refractivity contribution is -0.236. The predicted octanol–water partition coefficient (Wildman–Crippen LogP) is -3.06. The van der Waals surface area contributed by atoms with Crippen molar-refractivity contribution in [2.45, 2.75) is 54.6 Å². The Kier molecular flexibility index (Phi) is 6.50. The molecule has 8 atom stereocenters. The Bertz CT molecular complexity index is 1640. The first-order chi connectivity index (χ1) is 19.7. The smallest absolute Gasteiger partial charge is 0.327 e. The minimum Gasteiger partial charge on any atom is -0.456 e. The van der Waals surface area contributed by atoms with Crippen molar-refractivity contribution in [3.8, 4) is 0 Å². The Morgan fingerprint density at radius 2 is 1.67 bits per heavy atom. The van der Waals surface area contributed by atoms with Gasteiger partial charge in [-0.1, -0.05) is 22.0 Å². The summed E-state index contributed by atoms with van der Waals surface area (Å²) in [5, 5.41) is 69.1. The van der Waals surface area contributed by atoms with E-state index in [1.807, 2.05) is 4.98 Å². The van der Waals surface area contributed by atoms with Crippen LogP contribution in [0.25, 0.3) is 0 Å². The van der Waals surface area contributed by atoms with Gasteiger partial charge in [-0.05, 0) is 24.6 Å². The van der Waals surface area contributed by atoms with Gasteiger partial charge >= 0.3 is 11.7 Å². The first-order valence-corrected chi connectivity index (χ1v) is 13.6. The second kappa shape index (κ2) is 9.53. The fourth-order valence-corrected chi connectivity index (χ4v) is 7.12. The van der Waals surface area contributed by atoms with E-state index in [1.54, 1.807) is 12.1 Å². The number of aliphatic hydroxyl groups is 6. The molecule has 2 aliphatic heterocycles. The van der Waals surface area contributed by atoms with Crippen LogP contribution in [0.15, 0.2) is 37.3 Å². The molecule has 0 saturated heterocycles. The summed E-state index contributed by atoms with van der Waals surface area (Å²) in [7, 11) is 0. The summed E-state index contributed by atoms with van der Waals surface area (Å²) in [4.78, 5) is 61.5. The van der Waals surface area contributed by atoms with Crippen molar-refractivity contribution in [3.63, 3.8) is 0 Å². The number of anilines is 2. The van der Waals surface area contributed by atoms with Gasteiger partial charge < -0.3 is 46.0 Å². The number of aromatic nitrogens is 2. The Balaban J connectivity index is 1.54. The van der Waals surface area contributed by atoms with Crippen LogP contribution in [0.4, 0.5) is 17.2 Å². The highest BCUT2D eigenvalue weighted by Crippen LogP contribution is 2.60. The van der Waals surface area contributed by atoms with Crippen LogP contribution in [0, 0.1) is 11.8 Å². The normalized spacial score (nSPS) is 38.5. The second-order valence-electron chi connectivity index (χ2n) is 11.0. The highest BCUT2D eigenvalue weighted by atomic mass is 79.9. The lowest BCUT2D eigenvalue weighted by atomic mass is 9.65. The van der Waals surface area contributed by atoms with Gasteiger partial charge in [-0.15, -0.1) is 0 Å². The quantitative estimate of drug-likeness (QED) is 0.145. The number of hydrogen-bond donors (Lipinski definition) is 10. The maximum Gasteiger partial charge on any atom is 0.327 e. The molecule has 16 nitrogen and oxygen atoms in total. The highest BCUT2D eigenvalue weighted by Gasteiger charge is 2.75. The summed E-state index contributed by atoms with van der Waals surface area (Å²) in [6.45, 7) is 1.00. The number of rotatable bonds is 2. The number of carbonyl (C=O) groups excluding carboxylic acids is 2.